The Bertz CT molecular complexity index is 273. The summed E-state index contributed by atoms with van der Waals surface area (Å²) in [6.45, 7) is 22.6. The Morgan fingerprint density at radius 1 is 0.696 bits per heavy atom. The van der Waals surface area contributed by atoms with Crippen LogP contribution >= 0.6 is 0 Å². The lowest BCUT2D eigenvalue weighted by Gasteiger charge is -2.37. The molecular weight excluding hydrogens is 282 g/mol. The Morgan fingerprint density at radius 2 is 1.04 bits per heavy atom. The highest BCUT2D eigenvalue weighted by atomic mass is 16.5. The van der Waals surface area contributed by atoms with Crippen LogP contribution in [0.25, 0.3) is 0 Å². The Morgan fingerprint density at radius 3 is 1.35 bits per heavy atom. The Hall–Kier alpha value is -0.0800. The van der Waals surface area contributed by atoms with Crippen molar-refractivity contribution >= 4 is 0 Å². The standard InChI is InChI=1S/C10H21N.C9H18O.C2H6/c1-10(2,3)9-5-7-11(4)8-6-9;1-9(2,3)8-4-6-10-7-5-8;1-2/h9H,5-8H2,1-4H3;8H,4-7H2,1-3H3;1-2H3. The third-order valence-electron chi connectivity index (χ3n) is 5.39. The summed E-state index contributed by atoms with van der Waals surface area (Å²) in [5, 5.41) is 0. The second kappa shape index (κ2) is 10.7. The molecule has 0 aliphatic carbocycles. The van der Waals surface area contributed by atoms with Crippen LogP contribution in [0.4, 0.5) is 0 Å². The lowest BCUT2D eigenvalue weighted by molar-refractivity contribution is 0.0286. The molecule has 23 heavy (non-hydrogen) atoms. The maximum absolute atomic E-state index is 5.29. The van der Waals surface area contributed by atoms with Crippen molar-refractivity contribution in [2.75, 3.05) is 33.4 Å². The number of hydrogen-bond donors (Lipinski definition) is 0. The van der Waals surface area contributed by atoms with Crippen molar-refractivity contribution in [3.05, 3.63) is 0 Å². The lowest BCUT2D eigenvalue weighted by atomic mass is 9.75. The third kappa shape index (κ3) is 9.72. The van der Waals surface area contributed by atoms with Gasteiger partial charge in [-0.3, -0.25) is 0 Å². The van der Waals surface area contributed by atoms with Gasteiger partial charge in [-0.15, -0.1) is 0 Å². The highest BCUT2D eigenvalue weighted by Crippen LogP contribution is 2.34. The van der Waals surface area contributed by atoms with Crippen LogP contribution in [0.2, 0.25) is 0 Å². The van der Waals surface area contributed by atoms with Crippen LogP contribution in [0, 0.1) is 22.7 Å². The highest BCUT2D eigenvalue weighted by Gasteiger charge is 2.27. The molecule has 0 amide bonds. The predicted octanol–water partition coefficient (Wildman–Crippen LogP) is 5.86. The summed E-state index contributed by atoms with van der Waals surface area (Å²) in [6, 6.07) is 0. The summed E-state index contributed by atoms with van der Waals surface area (Å²) in [6.07, 6.45) is 5.28. The van der Waals surface area contributed by atoms with Gasteiger partial charge in [0.1, 0.15) is 0 Å². The summed E-state index contributed by atoms with van der Waals surface area (Å²) < 4.78 is 5.29. The Kier molecular flexibility index (Phi) is 10.7. The first-order valence-electron chi connectivity index (χ1n) is 9.87. The zero-order valence-electron chi connectivity index (χ0n) is 17.7. The van der Waals surface area contributed by atoms with Crippen molar-refractivity contribution < 1.29 is 4.74 Å². The van der Waals surface area contributed by atoms with Crippen LogP contribution in [0.1, 0.15) is 81.1 Å². The van der Waals surface area contributed by atoms with Crippen molar-refractivity contribution in [1.82, 2.24) is 4.90 Å². The molecule has 2 aliphatic heterocycles. The van der Waals surface area contributed by atoms with E-state index in [-0.39, 0.29) is 0 Å². The number of hydrogen-bond acceptors (Lipinski definition) is 2. The second-order valence-electron chi connectivity index (χ2n) is 9.20. The number of nitrogens with zero attached hydrogens (tertiary/aromatic N) is 1. The molecule has 0 atom stereocenters. The molecule has 2 heterocycles. The topological polar surface area (TPSA) is 12.5 Å². The number of rotatable bonds is 0. The molecule has 2 aliphatic rings. The van der Waals surface area contributed by atoms with Crippen molar-refractivity contribution in [3.8, 4) is 0 Å². The van der Waals surface area contributed by atoms with Gasteiger partial charge in [0, 0.05) is 13.2 Å². The minimum atomic E-state index is 0.490. The van der Waals surface area contributed by atoms with E-state index in [0.717, 1.165) is 25.0 Å². The first-order valence-corrected chi connectivity index (χ1v) is 9.87. The molecule has 0 bridgehead atoms. The van der Waals surface area contributed by atoms with E-state index in [1.54, 1.807) is 0 Å². The smallest absolute Gasteiger partial charge is 0.0468 e. The summed E-state index contributed by atoms with van der Waals surface area (Å²) in [5.41, 5.74) is 1.02. The van der Waals surface area contributed by atoms with E-state index in [4.69, 9.17) is 4.74 Å². The summed E-state index contributed by atoms with van der Waals surface area (Å²) in [4.78, 5) is 2.43. The van der Waals surface area contributed by atoms with Gasteiger partial charge in [0.15, 0.2) is 0 Å². The summed E-state index contributed by atoms with van der Waals surface area (Å²) >= 11 is 0. The van der Waals surface area contributed by atoms with Gasteiger partial charge in [-0.2, -0.15) is 0 Å². The van der Waals surface area contributed by atoms with Gasteiger partial charge in [-0.05, 0) is 68.5 Å². The van der Waals surface area contributed by atoms with Crippen molar-refractivity contribution in [2.24, 2.45) is 22.7 Å². The molecule has 0 saturated carbocycles. The fourth-order valence-electron chi connectivity index (χ4n) is 3.44. The zero-order chi connectivity index (χ0) is 18.1. The molecule has 0 aromatic heterocycles. The monoisotopic (exact) mass is 327 g/mol. The SMILES string of the molecule is CC.CC(C)(C)C1CCOCC1.CN1CCC(C(C)(C)C)CC1. The van der Waals surface area contributed by atoms with Crippen LogP contribution in [-0.2, 0) is 4.74 Å². The summed E-state index contributed by atoms with van der Waals surface area (Å²) in [5.74, 6) is 1.82. The van der Waals surface area contributed by atoms with E-state index in [9.17, 15) is 0 Å². The maximum atomic E-state index is 5.29. The maximum Gasteiger partial charge on any atom is 0.0468 e. The Labute approximate surface area is 147 Å². The van der Waals surface area contributed by atoms with Crippen LogP contribution in [0.15, 0.2) is 0 Å². The van der Waals surface area contributed by atoms with Crippen LogP contribution in [0.5, 0.6) is 0 Å². The van der Waals surface area contributed by atoms with E-state index in [0.29, 0.717) is 10.8 Å². The predicted molar refractivity (Wildman–Crippen MR) is 104 cm³/mol. The average molecular weight is 328 g/mol. The molecule has 0 unspecified atom stereocenters. The molecule has 0 aromatic carbocycles. The molecule has 2 fully saturated rings. The quantitative estimate of drug-likeness (QED) is 0.552. The first kappa shape index (κ1) is 22.9. The molecule has 0 N–H and O–H groups in total. The first-order chi connectivity index (χ1) is 10.6. The van der Waals surface area contributed by atoms with Gasteiger partial charge < -0.3 is 9.64 Å². The van der Waals surface area contributed by atoms with Crippen LogP contribution in [-0.4, -0.2) is 38.3 Å². The Balaban J connectivity index is 0.000000381. The van der Waals surface area contributed by atoms with Gasteiger partial charge >= 0.3 is 0 Å². The van der Waals surface area contributed by atoms with Crippen molar-refractivity contribution in [3.63, 3.8) is 0 Å². The number of likely N-dealkylation sites (tertiary alicyclic amines) is 1. The minimum Gasteiger partial charge on any atom is -0.381 e. The van der Waals surface area contributed by atoms with Gasteiger partial charge in [-0.25, -0.2) is 0 Å². The van der Waals surface area contributed by atoms with E-state index in [1.807, 2.05) is 13.8 Å². The molecule has 140 valence electrons. The van der Waals surface area contributed by atoms with Crippen LogP contribution in [0.3, 0.4) is 0 Å². The van der Waals surface area contributed by atoms with E-state index >= 15 is 0 Å². The van der Waals surface area contributed by atoms with Crippen LogP contribution < -0.4 is 0 Å². The third-order valence-corrected chi connectivity index (χ3v) is 5.39. The normalized spacial score (nSPS) is 21.8. The van der Waals surface area contributed by atoms with E-state index in [2.05, 4.69) is 53.5 Å². The van der Waals surface area contributed by atoms with Crippen molar-refractivity contribution in [1.29, 1.82) is 0 Å². The van der Waals surface area contributed by atoms with Gasteiger partial charge in [0.05, 0.1) is 0 Å². The molecule has 0 aromatic rings. The fraction of sp³-hybridized carbons (Fsp3) is 1.00. The number of piperidine rings is 1. The van der Waals surface area contributed by atoms with Gasteiger partial charge in [-0.1, -0.05) is 55.4 Å². The highest BCUT2D eigenvalue weighted by molar-refractivity contribution is 4.79. The molecule has 0 radical (unpaired) electrons. The molecule has 2 heteroatoms. The second-order valence-corrected chi connectivity index (χ2v) is 9.20. The lowest BCUT2D eigenvalue weighted by Crippen LogP contribution is -2.35. The van der Waals surface area contributed by atoms with Gasteiger partial charge in [0.25, 0.3) is 0 Å². The molecule has 2 nitrogen and oxygen atoms in total. The molecule has 2 saturated heterocycles. The molecule has 2 rings (SSSR count). The molecule has 0 spiro atoms. The minimum absolute atomic E-state index is 0.490. The zero-order valence-corrected chi connectivity index (χ0v) is 17.7. The van der Waals surface area contributed by atoms with Gasteiger partial charge in [0.2, 0.25) is 0 Å². The van der Waals surface area contributed by atoms with Crippen molar-refractivity contribution in [2.45, 2.75) is 81.1 Å². The summed E-state index contributed by atoms with van der Waals surface area (Å²) in [7, 11) is 2.22. The fourth-order valence-corrected chi connectivity index (χ4v) is 3.44. The average Bonchev–Trinajstić information content (AvgIpc) is 2.49. The number of ether oxygens (including phenoxy) is 1. The van der Waals surface area contributed by atoms with E-state index < -0.39 is 0 Å². The van der Waals surface area contributed by atoms with E-state index in [1.165, 1.54) is 38.8 Å². The largest absolute Gasteiger partial charge is 0.381 e. The molecular formula is C21H45NO.